The SMILES string of the molecule is Cc1c(Sc2cccc(C(=O)O)c2)c2ccc(Cl)c(F)c2n1CC(=O)N(C)C. The molecule has 0 aliphatic heterocycles. The summed E-state index contributed by atoms with van der Waals surface area (Å²) in [5.74, 6) is -1.78. The van der Waals surface area contributed by atoms with Crippen molar-refractivity contribution in [1.29, 1.82) is 0 Å². The number of hydrogen-bond donors (Lipinski definition) is 1. The van der Waals surface area contributed by atoms with Crippen LogP contribution in [-0.2, 0) is 11.3 Å². The minimum absolute atomic E-state index is 0.0204. The smallest absolute Gasteiger partial charge is 0.335 e. The summed E-state index contributed by atoms with van der Waals surface area (Å²) in [6.07, 6.45) is 0. The molecule has 0 radical (unpaired) electrons. The highest BCUT2D eigenvalue weighted by Crippen LogP contribution is 2.40. The van der Waals surface area contributed by atoms with E-state index < -0.39 is 11.8 Å². The number of halogens is 2. The molecule has 0 aliphatic carbocycles. The van der Waals surface area contributed by atoms with Crippen molar-refractivity contribution in [3.05, 3.63) is 58.5 Å². The number of fused-ring (bicyclic) bond motifs is 1. The van der Waals surface area contributed by atoms with E-state index in [2.05, 4.69) is 0 Å². The van der Waals surface area contributed by atoms with Crippen LogP contribution in [-0.4, -0.2) is 40.5 Å². The van der Waals surface area contributed by atoms with Crippen molar-refractivity contribution in [2.75, 3.05) is 14.1 Å². The van der Waals surface area contributed by atoms with Crippen LogP contribution in [0.5, 0.6) is 0 Å². The molecule has 0 atom stereocenters. The monoisotopic (exact) mass is 420 g/mol. The van der Waals surface area contributed by atoms with E-state index in [9.17, 15) is 19.1 Å². The largest absolute Gasteiger partial charge is 0.478 e. The van der Waals surface area contributed by atoms with E-state index in [0.717, 1.165) is 4.90 Å². The number of carboxylic acid groups (broad SMARTS) is 1. The Morgan fingerprint density at radius 3 is 2.61 bits per heavy atom. The third-order valence-corrected chi connectivity index (χ3v) is 5.91. The number of likely N-dealkylation sites (N-methyl/N-ethyl adjacent to an activating group) is 1. The zero-order valence-electron chi connectivity index (χ0n) is 15.5. The van der Waals surface area contributed by atoms with Crippen molar-refractivity contribution < 1.29 is 19.1 Å². The first-order valence-electron chi connectivity index (χ1n) is 8.39. The molecule has 1 amide bonds. The number of nitrogens with zero attached hydrogens (tertiary/aromatic N) is 2. The van der Waals surface area contributed by atoms with E-state index in [4.69, 9.17) is 11.6 Å². The number of aromatic carboxylic acids is 1. The summed E-state index contributed by atoms with van der Waals surface area (Å²) >= 11 is 7.31. The topological polar surface area (TPSA) is 62.5 Å². The normalized spacial score (nSPS) is 11.0. The van der Waals surface area contributed by atoms with Gasteiger partial charge in [0.1, 0.15) is 6.54 Å². The van der Waals surface area contributed by atoms with Gasteiger partial charge in [0.2, 0.25) is 5.91 Å². The quantitative estimate of drug-likeness (QED) is 0.651. The fraction of sp³-hybridized carbons (Fsp3) is 0.200. The highest BCUT2D eigenvalue weighted by molar-refractivity contribution is 7.99. The Balaban J connectivity index is 2.16. The molecule has 5 nitrogen and oxygen atoms in total. The Hall–Kier alpha value is -2.51. The van der Waals surface area contributed by atoms with Crippen molar-refractivity contribution in [2.24, 2.45) is 0 Å². The third-order valence-electron chi connectivity index (χ3n) is 4.41. The number of hydrogen-bond acceptors (Lipinski definition) is 3. The zero-order chi connectivity index (χ0) is 20.6. The lowest BCUT2D eigenvalue weighted by Crippen LogP contribution is -2.26. The van der Waals surface area contributed by atoms with Gasteiger partial charge >= 0.3 is 5.97 Å². The van der Waals surface area contributed by atoms with Gasteiger partial charge in [-0.15, -0.1) is 0 Å². The number of carbonyl (C=O) groups excluding carboxylic acids is 1. The maximum atomic E-state index is 14.8. The van der Waals surface area contributed by atoms with Gasteiger partial charge < -0.3 is 14.6 Å². The van der Waals surface area contributed by atoms with Gasteiger partial charge in [0, 0.05) is 35.0 Å². The molecule has 0 saturated carbocycles. The number of aromatic nitrogens is 1. The molecule has 3 aromatic rings. The van der Waals surface area contributed by atoms with E-state index >= 15 is 0 Å². The Bertz CT molecular complexity index is 1090. The van der Waals surface area contributed by atoms with E-state index in [1.165, 1.54) is 28.8 Å². The van der Waals surface area contributed by atoms with Gasteiger partial charge in [-0.25, -0.2) is 9.18 Å². The second kappa shape index (κ2) is 7.85. The molecule has 146 valence electrons. The summed E-state index contributed by atoms with van der Waals surface area (Å²) in [5, 5.41) is 9.81. The average molecular weight is 421 g/mol. The van der Waals surface area contributed by atoms with Crippen LogP contribution < -0.4 is 0 Å². The number of carbonyl (C=O) groups is 2. The number of rotatable bonds is 5. The molecule has 0 saturated heterocycles. The molecule has 0 aliphatic rings. The number of amides is 1. The summed E-state index contributed by atoms with van der Waals surface area (Å²) in [6.45, 7) is 1.78. The Morgan fingerprint density at radius 1 is 1.25 bits per heavy atom. The molecule has 0 fully saturated rings. The molecule has 3 rings (SSSR count). The van der Waals surface area contributed by atoms with Gasteiger partial charge in [0.25, 0.3) is 0 Å². The summed E-state index contributed by atoms with van der Waals surface area (Å²) in [7, 11) is 3.28. The third kappa shape index (κ3) is 3.72. The van der Waals surface area contributed by atoms with E-state index in [0.29, 0.717) is 16.0 Å². The predicted octanol–water partition coefficient (Wildman–Crippen LogP) is 4.68. The first kappa shape index (κ1) is 20.2. The Morgan fingerprint density at radius 2 is 1.96 bits per heavy atom. The van der Waals surface area contributed by atoms with Gasteiger partial charge in [-0.3, -0.25) is 4.79 Å². The van der Waals surface area contributed by atoms with Crippen molar-refractivity contribution >= 4 is 46.1 Å². The van der Waals surface area contributed by atoms with Crippen LogP contribution in [0, 0.1) is 12.7 Å². The molecule has 28 heavy (non-hydrogen) atoms. The summed E-state index contributed by atoms with van der Waals surface area (Å²) < 4.78 is 16.5. The van der Waals surface area contributed by atoms with Gasteiger partial charge in [-0.05, 0) is 37.3 Å². The molecule has 1 aromatic heterocycles. The van der Waals surface area contributed by atoms with Crippen molar-refractivity contribution in [3.8, 4) is 0 Å². The predicted molar refractivity (Wildman–Crippen MR) is 108 cm³/mol. The summed E-state index contributed by atoms with van der Waals surface area (Å²) in [4.78, 5) is 26.4. The van der Waals surface area contributed by atoms with Gasteiger partial charge in [-0.2, -0.15) is 0 Å². The van der Waals surface area contributed by atoms with Crippen LogP contribution in [0.3, 0.4) is 0 Å². The minimum atomic E-state index is -1.02. The lowest BCUT2D eigenvalue weighted by atomic mass is 10.2. The lowest BCUT2D eigenvalue weighted by Gasteiger charge is -2.13. The fourth-order valence-corrected chi connectivity index (χ4v) is 4.14. The second-order valence-corrected chi connectivity index (χ2v) is 7.97. The van der Waals surface area contributed by atoms with E-state index in [1.54, 1.807) is 49.9 Å². The lowest BCUT2D eigenvalue weighted by molar-refractivity contribution is -0.129. The standard InChI is InChI=1S/C20H18ClFN2O3S/c1-11-19(28-13-6-4-5-12(9-13)20(26)27)14-7-8-15(21)17(22)18(14)24(11)10-16(25)23(2)3/h4-9H,10H2,1-3H3,(H,26,27). The van der Waals surface area contributed by atoms with Gasteiger partial charge in [-0.1, -0.05) is 29.4 Å². The van der Waals surface area contributed by atoms with Crippen LogP contribution in [0.2, 0.25) is 5.02 Å². The molecule has 1 N–H and O–H groups in total. The first-order chi connectivity index (χ1) is 13.2. The van der Waals surface area contributed by atoms with Crippen molar-refractivity contribution in [3.63, 3.8) is 0 Å². The summed E-state index contributed by atoms with van der Waals surface area (Å²) in [5.41, 5.74) is 1.14. The van der Waals surface area contributed by atoms with Crippen LogP contribution in [0.15, 0.2) is 46.2 Å². The fourth-order valence-electron chi connectivity index (χ4n) is 2.89. The van der Waals surface area contributed by atoms with Crippen LogP contribution in [0.1, 0.15) is 16.1 Å². The van der Waals surface area contributed by atoms with Crippen molar-refractivity contribution in [1.82, 2.24) is 9.47 Å². The molecule has 0 spiro atoms. The number of benzene rings is 2. The van der Waals surface area contributed by atoms with Crippen molar-refractivity contribution in [2.45, 2.75) is 23.3 Å². The van der Waals surface area contributed by atoms with Crippen LogP contribution in [0.25, 0.3) is 10.9 Å². The summed E-state index contributed by atoms with van der Waals surface area (Å²) in [6, 6.07) is 9.72. The van der Waals surface area contributed by atoms with Gasteiger partial charge in [0.05, 0.1) is 16.1 Å². The Labute approximate surface area is 170 Å². The highest BCUT2D eigenvalue weighted by atomic mass is 35.5. The average Bonchev–Trinajstić information content (AvgIpc) is 2.91. The first-order valence-corrected chi connectivity index (χ1v) is 9.58. The second-order valence-electron chi connectivity index (χ2n) is 6.48. The Kier molecular flexibility index (Phi) is 5.67. The minimum Gasteiger partial charge on any atom is -0.478 e. The molecule has 0 unspecified atom stereocenters. The number of carboxylic acids is 1. The van der Waals surface area contributed by atoms with Crippen LogP contribution >= 0.6 is 23.4 Å². The zero-order valence-corrected chi connectivity index (χ0v) is 17.1. The maximum absolute atomic E-state index is 14.8. The van der Waals surface area contributed by atoms with E-state index in [1.807, 2.05) is 0 Å². The molecule has 2 aromatic carbocycles. The van der Waals surface area contributed by atoms with Gasteiger partial charge in [0.15, 0.2) is 5.82 Å². The molecule has 0 bridgehead atoms. The molecular weight excluding hydrogens is 403 g/mol. The van der Waals surface area contributed by atoms with E-state index in [-0.39, 0.29) is 28.6 Å². The maximum Gasteiger partial charge on any atom is 0.335 e. The highest BCUT2D eigenvalue weighted by Gasteiger charge is 2.22. The van der Waals surface area contributed by atoms with Crippen LogP contribution in [0.4, 0.5) is 4.39 Å². The molecule has 1 heterocycles. The molecule has 8 heteroatoms. The molecular formula is C20H18ClFN2O3S.